The average molecular weight is 203 g/mol. The lowest BCUT2D eigenvalue weighted by Crippen LogP contribution is -2.28. The first-order chi connectivity index (χ1) is 7.35. The Hall–Kier alpha value is -1.18. The number of aldehydes is 1. The van der Waals surface area contributed by atoms with Crippen LogP contribution in [-0.2, 0) is 11.2 Å². The Bertz CT molecular complexity index is 315. The Kier molecular flexibility index (Phi) is 3.14. The molecule has 1 aliphatic rings. The van der Waals surface area contributed by atoms with Crippen molar-refractivity contribution in [2.75, 3.05) is 0 Å². The van der Waals surface area contributed by atoms with Gasteiger partial charge in [0.2, 0.25) is 0 Å². The smallest absolute Gasteiger partial charge is 0.126 e. The Balaban J connectivity index is 2.10. The van der Waals surface area contributed by atoms with Gasteiger partial charge in [-0.1, -0.05) is 25.3 Å². The van der Waals surface area contributed by atoms with Crippen LogP contribution in [0.3, 0.4) is 0 Å². The highest BCUT2D eigenvalue weighted by Gasteiger charge is 2.31. The fourth-order valence-electron chi connectivity index (χ4n) is 2.50. The van der Waals surface area contributed by atoms with Gasteiger partial charge in [-0.15, -0.1) is 0 Å². The van der Waals surface area contributed by atoms with Crippen LogP contribution in [0.15, 0.2) is 24.5 Å². The molecule has 0 amide bonds. The number of hydrogen-bond acceptors (Lipinski definition) is 2. The Morgan fingerprint density at radius 1 is 1.33 bits per heavy atom. The molecule has 0 N–H and O–H groups in total. The normalized spacial score (nSPS) is 19.7. The number of nitrogens with zero attached hydrogens (tertiary/aromatic N) is 1. The van der Waals surface area contributed by atoms with Crippen LogP contribution in [0.2, 0.25) is 0 Å². The molecule has 2 heteroatoms. The van der Waals surface area contributed by atoms with E-state index in [4.69, 9.17) is 0 Å². The molecule has 15 heavy (non-hydrogen) atoms. The summed E-state index contributed by atoms with van der Waals surface area (Å²) < 4.78 is 0. The summed E-state index contributed by atoms with van der Waals surface area (Å²) in [6, 6.07) is 4.00. The molecule has 0 unspecified atom stereocenters. The van der Waals surface area contributed by atoms with Gasteiger partial charge in [0.05, 0.1) is 0 Å². The van der Waals surface area contributed by atoms with Crippen LogP contribution < -0.4 is 0 Å². The van der Waals surface area contributed by atoms with Gasteiger partial charge in [-0.05, 0) is 30.9 Å². The molecule has 0 radical (unpaired) electrons. The lowest BCUT2D eigenvalue weighted by molar-refractivity contribution is -0.117. The third kappa shape index (κ3) is 2.44. The molecule has 1 aromatic rings. The first kappa shape index (κ1) is 10.3. The van der Waals surface area contributed by atoms with Crippen LogP contribution in [0, 0.1) is 5.41 Å². The first-order valence-corrected chi connectivity index (χ1v) is 5.70. The maximum Gasteiger partial charge on any atom is 0.126 e. The summed E-state index contributed by atoms with van der Waals surface area (Å²) in [6.07, 6.45) is 11.5. The zero-order valence-corrected chi connectivity index (χ0v) is 8.98. The maximum absolute atomic E-state index is 11.3. The minimum Gasteiger partial charge on any atom is -0.303 e. The molecular weight excluding hydrogens is 186 g/mol. The highest BCUT2D eigenvalue weighted by molar-refractivity contribution is 5.60. The van der Waals surface area contributed by atoms with E-state index in [9.17, 15) is 4.79 Å². The lowest BCUT2D eigenvalue weighted by Gasteiger charge is -2.31. The molecule has 0 saturated heterocycles. The molecule has 2 rings (SSSR count). The van der Waals surface area contributed by atoms with Gasteiger partial charge in [0.1, 0.15) is 6.29 Å². The Morgan fingerprint density at radius 2 is 2.13 bits per heavy atom. The number of pyridine rings is 1. The fraction of sp³-hybridized carbons (Fsp3) is 0.538. The van der Waals surface area contributed by atoms with Crippen molar-refractivity contribution in [3.63, 3.8) is 0 Å². The summed E-state index contributed by atoms with van der Waals surface area (Å²) in [4.78, 5) is 15.4. The third-order valence-corrected chi connectivity index (χ3v) is 3.38. The fourth-order valence-corrected chi connectivity index (χ4v) is 2.50. The molecule has 0 bridgehead atoms. The first-order valence-electron chi connectivity index (χ1n) is 5.70. The molecule has 1 aliphatic carbocycles. The second-order valence-electron chi connectivity index (χ2n) is 4.58. The van der Waals surface area contributed by atoms with E-state index in [0.717, 1.165) is 19.3 Å². The van der Waals surface area contributed by atoms with Gasteiger partial charge in [-0.25, -0.2) is 0 Å². The van der Waals surface area contributed by atoms with E-state index >= 15 is 0 Å². The van der Waals surface area contributed by atoms with E-state index in [1.165, 1.54) is 31.1 Å². The second-order valence-corrected chi connectivity index (χ2v) is 4.58. The molecule has 0 atom stereocenters. The van der Waals surface area contributed by atoms with Crippen molar-refractivity contribution in [2.24, 2.45) is 5.41 Å². The highest BCUT2D eigenvalue weighted by Crippen LogP contribution is 2.37. The number of rotatable bonds is 3. The number of hydrogen-bond donors (Lipinski definition) is 0. The molecule has 80 valence electrons. The van der Waals surface area contributed by atoms with Crippen molar-refractivity contribution < 1.29 is 4.79 Å². The van der Waals surface area contributed by atoms with Crippen LogP contribution in [-0.4, -0.2) is 11.3 Å². The minimum absolute atomic E-state index is 0.0959. The summed E-state index contributed by atoms with van der Waals surface area (Å²) >= 11 is 0. The minimum atomic E-state index is -0.0959. The average Bonchev–Trinajstić information content (AvgIpc) is 2.32. The monoisotopic (exact) mass is 203 g/mol. The van der Waals surface area contributed by atoms with Gasteiger partial charge in [-0.2, -0.15) is 0 Å². The molecule has 0 aromatic carbocycles. The van der Waals surface area contributed by atoms with Gasteiger partial charge in [-0.3, -0.25) is 4.98 Å². The van der Waals surface area contributed by atoms with Gasteiger partial charge >= 0.3 is 0 Å². The van der Waals surface area contributed by atoms with Crippen molar-refractivity contribution in [3.8, 4) is 0 Å². The van der Waals surface area contributed by atoms with Crippen molar-refractivity contribution in [2.45, 2.75) is 38.5 Å². The second kappa shape index (κ2) is 4.56. The molecule has 1 fully saturated rings. The van der Waals surface area contributed by atoms with Crippen molar-refractivity contribution in [3.05, 3.63) is 30.1 Å². The molecule has 1 saturated carbocycles. The van der Waals surface area contributed by atoms with Gasteiger partial charge in [0.15, 0.2) is 0 Å². The predicted octanol–water partition coefficient (Wildman–Crippen LogP) is 2.77. The van der Waals surface area contributed by atoms with Crippen LogP contribution in [0.4, 0.5) is 0 Å². The topological polar surface area (TPSA) is 30.0 Å². The predicted molar refractivity (Wildman–Crippen MR) is 59.5 cm³/mol. The van der Waals surface area contributed by atoms with E-state index in [1.54, 1.807) is 6.20 Å². The molecular formula is C13H17NO. The summed E-state index contributed by atoms with van der Waals surface area (Å²) in [5.74, 6) is 0. The van der Waals surface area contributed by atoms with Gasteiger partial charge < -0.3 is 4.79 Å². The van der Waals surface area contributed by atoms with E-state index in [1.807, 2.05) is 12.3 Å². The molecule has 1 aromatic heterocycles. The molecule has 2 nitrogen and oxygen atoms in total. The summed E-state index contributed by atoms with van der Waals surface area (Å²) in [5.41, 5.74) is 1.09. The van der Waals surface area contributed by atoms with E-state index in [-0.39, 0.29) is 5.41 Å². The standard InChI is InChI=1S/C13H17NO/c15-11-13(6-2-1-3-7-13)9-12-5-4-8-14-10-12/h4-5,8,10-11H,1-3,6-7,9H2. The Morgan fingerprint density at radius 3 is 2.73 bits per heavy atom. The number of carbonyl (C=O) groups is 1. The Labute approximate surface area is 90.7 Å². The lowest BCUT2D eigenvalue weighted by atomic mass is 9.72. The molecule has 1 heterocycles. The van der Waals surface area contributed by atoms with Gasteiger partial charge in [0.25, 0.3) is 0 Å². The van der Waals surface area contributed by atoms with Crippen LogP contribution in [0.1, 0.15) is 37.7 Å². The highest BCUT2D eigenvalue weighted by atomic mass is 16.1. The zero-order chi connectivity index (χ0) is 10.6. The summed E-state index contributed by atoms with van der Waals surface area (Å²) in [7, 11) is 0. The summed E-state index contributed by atoms with van der Waals surface area (Å²) in [5, 5.41) is 0. The van der Waals surface area contributed by atoms with Crippen LogP contribution in [0.25, 0.3) is 0 Å². The van der Waals surface area contributed by atoms with Crippen LogP contribution >= 0.6 is 0 Å². The molecule has 0 spiro atoms. The van der Waals surface area contributed by atoms with Gasteiger partial charge in [0, 0.05) is 17.8 Å². The van der Waals surface area contributed by atoms with Crippen molar-refractivity contribution in [1.29, 1.82) is 0 Å². The van der Waals surface area contributed by atoms with Crippen molar-refractivity contribution >= 4 is 6.29 Å². The SMILES string of the molecule is O=CC1(Cc2cccnc2)CCCCC1. The van der Waals surface area contributed by atoms with E-state index in [2.05, 4.69) is 11.1 Å². The van der Waals surface area contributed by atoms with Crippen LogP contribution in [0.5, 0.6) is 0 Å². The molecule has 0 aliphatic heterocycles. The maximum atomic E-state index is 11.3. The summed E-state index contributed by atoms with van der Waals surface area (Å²) in [6.45, 7) is 0. The van der Waals surface area contributed by atoms with E-state index in [0.29, 0.717) is 0 Å². The van der Waals surface area contributed by atoms with E-state index < -0.39 is 0 Å². The zero-order valence-electron chi connectivity index (χ0n) is 8.98. The number of aromatic nitrogens is 1. The largest absolute Gasteiger partial charge is 0.303 e. The quantitative estimate of drug-likeness (QED) is 0.707. The van der Waals surface area contributed by atoms with Crippen molar-refractivity contribution in [1.82, 2.24) is 4.98 Å². The third-order valence-electron chi connectivity index (χ3n) is 3.38. The number of carbonyl (C=O) groups excluding carboxylic acids is 1.